The second-order valence-electron chi connectivity index (χ2n) is 5.19. The van der Waals surface area contributed by atoms with Crippen molar-refractivity contribution in [2.24, 2.45) is 11.7 Å². The Morgan fingerprint density at radius 2 is 2.05 bits per heavy atom. The van der Waals surface area contributed by atoms with Crippen LogP contribution < -0.4 is 5.73 Å². The number of hydrogen-bond donors (Lipinski definition) is 1. The summed E-state index contributed by atoms with van der Waals surface area (Å²) in [6.07, 6.45) is 3.44. The third-order valence-corrected chi connectivity index (χ3v) is 3.68. The van der Waals surface area contributed by atoms with Gasteiger partial charge in [0.05, 0.1) is 6.10 Å². The molecule has 112 valence electrons. The predicted octanol–water partition coefficient (Wildman–Crippen LogP) is 1.05. The highest BCUT2D eigenvalue weighted by Gasteiger charge is 2.35. The molecule has 0 radical (unpaired) electrons. The first kappa shape index (κ1) is 15.3. The lowest BCUT2D eigenvalue weighted by Crippen LogP contribution is -2.28. The van der Waals surface area contributed by atoms with Gasteiger partial charge in [-0.3, -0.25) is 9.59 Å². The van der Waals surface area contributed by atoms with E-state index in [1.807, 2.05) is 30.3 Å². The topological polar surface area (TPSA) is 72.6 Å². The van der Waals surface area contributed by atoms with Crippen LogP contribution in [0.5, 0.6) is 0 Å². The summed E-state index contributed by atoms with van der Waals surface area (Å²) in [5, 5.41) is 0. The van der Waals surface area contributed by atoms with Crippen molar-refractivity contribution in [2.75, 3.05) is 20.2 Å². The van der Waals surface area contributed by atoms with Crippen molar-refractivity contribution >= 4 is 17.9 Å². The van der Waals surface area contributed by atoms with Gasteiger partial charge in [0.1, 0.15) is 0 Å². The summed E-state index contributed by atoms with van der Waals surface area (Å²) in [4.78, 5) is 24.9. The average molecular weight is 288 g/mol. The number of likely N-dealkylation sites (tertiary alicyclic amines) is 1. The minimum Gasteiger partial charge on any atom is -0.379 e. The first-order valence-corrected chi connectivity index (χ1v) is 6.93. The van der Waals surface area contributed by atoms with E-state index < -0.39 is 0 Å². The highest BCUT2D eigenvalue weighted by atomic mass is 16.5. The number of nitrogens with two attached hydrogens (primary N) is 1. The van der Waals surface area contributed by atoms with Gasteiger partial charge in [0.2, 0.25) is 11.8 Å². The van der Waals surface area contributed by atoms with Gasteiger partial charge in [-0.15, -0.1) is 0 Å². The number of nitrogens with zero attached hydrogens (tertiary/aromatic N) is 1. The summed E-state index contributed by atoms with van der Waals surface area (Å²) in [5.74, 6) is -0.467. The van der Waals surface area contributed by atoms with Gasteiger partial charge in [0.25, 0.3) is 0 Å². The zero-order valence-electron chi connectivity index (χ0n) is 12.1. The van der Waals surface area contributed by atoms with E-state index in [4.69, 9.17) is 10.5 Å². The van der Waals surface area contributed by atoms with Crippen molar-refractivity contribution in [1.29, 1.82) is 0 Å². The molecule has 0 bridgehead atoms. The largest absolute Gasteiger partial charge is 0.379 e. The Morgan fingerprint density at radius 1 is 1.33 bits per heavy atom. The molecule has 5 heteroatoms. The summed E-state index contributed by atoms with van der Waals surface area (Å²) >= 11 is 0. The predicted molar refractivity (Wildman–Crippen MR) is 80.2 cm³/mol. The number of rotatable bonds is 5. The lowest BCUT2D eigenvalue weighted by atomic mass is 10.0. The van der Waals surface area contributed by atoms with Gasteiger partial charge in [0.15, 0.2) is 0 Å². The van der Waals surface area contributed by atoms with Gasteiger partial charge >= 0.3 is 0 Å². The normalized spacial score (nSPS) is 21.9. The van der Waals surface area contributed by atoms with Crippen molar-refractivity contribution in [3.63, 3.8) is 0 Å². The van der Waals surface area contributed by atoms with Crippen LogP contribution in [-0.4, -0.2) is 43.0 Å². The zero-order chi connectivity index (χ0) is 15.2. The number of carbonyl (C=O) groups is 2. The average Bonchev–Trinajstić information content (AvgIpc) is 2.88. The maximum Gasteiger partial charge on any atom is 0.246 e. The quantitative estimate of drug-likeness (QED) is 0.823. The molecule has 21 heavy (non-hydrogen) atoms. The molecule has 0 spiro atoms. The molecular weight excluding hydrogens is 268 g/mol. The second kappa shape index (κ2) is 7.04. The molecule has 0 aliphatic carbocycles. The molecule has 1 aliphatic rings. The smallest absolute Gasteiger partial charge is 0.246 e. The monoisotopic (exact) mass is 288 g/mol. The number of carbonyl (C=O) groups excluding carboxylic acids is 2. The third kappa shape index (κ3) is 4.16. The van der Waals surface area contributed by atoms with Crippen LogP contribution >= 0.6 is 0 Å². The number of benzene rings is 1. The van der Waals surface area contributed by atoms with E-state index in [-0.39, 0.29) is 30.3 Å². The van der Waals surface area contributed by atoms with E-state index in [1.165, 1.54) is 0 Å². The molecule has 1 fully saturated rings. The summed E-state index contributed by atoms with van der Waals surface area (Å²) in [5.41, 5.74) is 6.21. The van der Waals surface area contributed by atoms with Gasteiger partial charge in [-0.2, -0.15) is 0 Å². The first-order chi connectivity index (χ1) is 10.1. The van der Waals surface area contributed by atoms with Crippen LogP contribution in [0.4, 0.5) is 0 Å². The molecule has 1 heterocycles. The molecule has 5 nitrogen and oxygen atoms in total. The van der Waals surface area contributed by atoms with Gasteiger partial charge < -0.3 is 15.4 Å². The Balaban J connectivity index is 1.97. The second-order valence-corrected chi connectivity index (χ2v) is 5.19. The number of methoxy groups -OCH3 is 1. The molecule has 2 amide bonds. The van der Waals surface area contributed by atoms with E-state index in [2.05, 4.69) is 0 Å². The highest BCUT2D eigenvalue weighted by molar-refractivity contribution is 5.92. The van der Waals surface area contributed by atoms with Crippen molar-refractivity contribution in [1.82, 2.24) is 4.90 Å². The van der Waals surface area contributed by atoms with E-state index in [0.29, 0.717) is 13.1 Å². The lowest BCUT2D eigenvalue weighted by molar-refractivity contribution is -0.125. The van der Waals surface area contributed by atoms with Crippen LogP contribution in [0.3, 0.4) is 0 Å². The van der Waals surface area contributed by atoms with E-state index >= 15 is 0 Å². The van der Waals surface area contributed by atoms with E-state index in [0.717, 1.165) is 5.56 Å². The van der Waals surface area contributed by atoms with Crippen molar-refractivity contribution in [2.45, 2.75) is 12.5 Å². The molecule has 2 rings (SSSR count). The van der Waals surface area contributed by atoms with Gasteiger partial charge in [-0.05, 0) is 11.6 Å². The number of amides is 2. The number of ether oxygens (including phenoxy) is 1. The summed E-state index contributed by atoms with van der Waals surface area (Å²) in [6, 6.07) is 9.63. The highest BCUT2D eigenvalue weighted by Crippen LogP contribution is 2.22. The molecule has 1 saturated heterocycles. The molecule has 1 aromatic carbocycles. The van der Waals surface area contributed by atoms with Gasteiger partial charge in [-0.25, -0.2) is 0 Å². The molecule has 0 saturated carbocycles. The zero-order valence-corrected chi connectivity index (χ0v) is 12.1. The Morgan fingerprint density at radius 3 is 2.67 bits per heavy atom. The van der Waals surface area contributed by atoms with Crippen LogP contribution in [0, 0.1) is 5.92 Å². The number of primary amides is 1. The minimum atomic E-state index is -0.365. The Labute approximate surface area is 124 Å². The summed E-state index contributed by atoms with van der Waals surface area (Å²) in [6.45, 7) is 0.992. The first-order valence-electron chi connectivity index (χ1n) is 6.93. The van der Waals surface area contributed by atoms with E-state index in [9.17, 15) is 9.59 Å². The molecule has 0 aromatic heterocycles. The van der Waals surface area contributed by atoms with Gasteiger partial charge in [0, 0.05) is 38.6 Å². The third-order valence-electron chi connectivity index (χ3n) is 3.68. The maximum absolute atomic E-state index is 12.2. The number of hydrogen-bond acceptors (Lipinski definition) is 3. The molecule has 1 aromatic rings. The minimum absolute atomic E-state index is 0.0263. The molecular formula is C16H20N2O3. The van der Waals surface area contributed by atoms with Crippen LogP contribution in [0.2, 0.25) is 0 Å². The molecule has 1 aliphatic heterocycles. The van der Waals surface area contributed by atoms with Crippen molar-refractivity contribution < 1.29 is 14.3 Å². The molecule has 2 atom stereocenters. The standard InChI is InChI=1S/C16H20N2O3/c1-21-14-11-18(10-13(14)9-15(17)19)16(20)8-7-12-5-3-2-4-6-12/h2-8,13-14H,9-11H2,1H3,(H2,17,19)/b8-7+/t13-,14-/m0/s1. The van der Waals surface area contributed by atoms with Gasteiger partial charge in [-0.1, -0.05) is 30.3 Å². The lowest BCUT2D eigenvalue weighted by Gasteiger charge is -2.13. The van der Waals surface area contributed by atoms with Crippen LogP contribution in [0.1, 0.15) is 12.0 Å². The Kier molecular flexibility index (Phi) is 5.11. The Bertz CT molecular complexity index is 528. The van der Waals surface area contributed by atoms with Crippen LogP contribution in [-0.2, 0) is 14.3 Å². The summed E-state index contributed by atoms with van der Waals surface area (Å²) in [7, 11) is 1.59. The maximum atomic E-state index is 12.2. The van der Waals surface area contributed by atoms with E-state index in [1.54, 1.807) is 24.2 Å². The summed E-state index contributed by atoms with van der Waals surface area (Å²) < 4.78 is 5.34. The van der Waals surface area contributed by atoms with Crippen molar-refractivity contribution in [3.05, 3.63) is 42.0 Å². The van der Waals surface area contributed by atoms with Crippen molar-refractivity contribution in [3.8, 4) is 0 Å². The fourth-order valence-electron chi connectivity index (χ4n) is 2.58. The molecule has 2 N–H and O–H groups in total. The fraction of sp³-hybridized carbons (Fsp3) is 0.375. The SMILES string of the molecule is CO[C@H]1CN(C(=O)/C=C/c2ccccc2)C[C@@H]1CC(N)=O. The fourth-order valence-corrected chi connectivity index (χ4v) is 2.58. The van der Waals surface area contributed by atoms with Crippen LogP contribution in [0.25, 0.3) is 6.08 Å². The Hall–Kier alpha value is -2.14. The molecule has 0 unspecified atom stereocenters. The van der Waals surface area contributed by atoms with Crippen LogP contribution in [0.15, 0.2) is 36.4 Å².